The second-order valence-corrected chi connectivity index (χ2v) is 15.3. The van der Waals surface area contributed by atoms with Crippen LogP contribution in [-0.2, 0) is 0 Å². The third kappa shape index (κ3) is 6.84. The van der Waals surface area contributed by atoms with Crippen LogP contribution in [0.25, 0.3) is 22.3 Å². The number of nitrogens with zero attached hydrogens (tertiary/aromatic N) is 2. The van der Waals surface area contributed by atoms with Crippen LogP contribution in [0.4, 0.5) is 0 Å². The van der Waals surface area contributed by atoms with Crippen LogP contribution >= 0.6 is 0 Å². The fraction of sp³-hybridized carbons (Fsp3) is 0.545. The standard InChI is InChI=1S/C44H52N2/c45-29-41-28-44(40-25-37(33-17-9-3-10-18-33)22-38(26-40)34-19-11-4-12-20-34)42(30-46)27-43(41)39-23-35(31-13-5-1-6-14-31)21-36(24-39)32-15-7-2-8-16-32/h21-28,31-34H,1-20H2. The Labute approximate surface area is 278 Å². The van der Waals surface area contributed by atoms with Crippen molar-refractivity contribution >= 4 is 0 Å². The van der Waals surface area contributed by atoms with Crippen LogP contribution < -0.4 is 0 Å². The number of hydrogen-bond acceptors (Lipinski definition) is 2. The molecular weight excluding hydrogens is 556 g/mol. The highest BCUT2D eigenvalue weighted by atomic mass is 14.3. The molecule has 0 unspecified atom stereocenters. The summed E-state index contributed by atoms with van der Waals surface area (Å²) in [6.07, 6.45) is 26.0. The predicted molar refractivity (Wildman–Crippen MR) is 190 cm³/mol. The molecule has 4 aliphatic rings. The lowest BCUT2D eigenvalue weighted by atomic mass is 9.77. The summed E-state index contributed by atoms with van der Waals surface area (Å²) in [5.74, 6) is 2.43. The molecule has 0 atom stereocenters. The van der Waals surface area contributed by atoms with E-state index in [9.17, 15) is 10.5 Å². The minimum absolute atomic E-state index is 0.608. The van der Waals surface area contributed by atoms with E-state index in [0.29, 0.717) is 34.8 Å². The molecule has 0 saturated heterocycles. The van der Waals surface area contributed by atoms with Crippen molar-refractivity contribution in [2.45, 2.75) is 152 Å². The van der Waals surface area contributed by atoms with Gasteiger partial charge in [0.25, 0.3) is 0 Å². The molecule has 4 fully saturated rings. The van der Waals surface area contributed by atoms with Crippen molar-refractivity contribution in [1.82, 2.24) is 0 Å². The lowest BCUT2D eigenvalue weighted by Gasteiger charge is -2.27. The summed E-state index contributed by atoms with van der Waals surface area (Å²) < 4.78 is 0. The second kappa shape index (κ2) is 14.6. The van der Waals surface area contributed by atoms with Crippen LogP contribution in [0, 0.1) is 22.7 Å². The highest BCUT2D eigenvalue weighted by Gasteiger charge is 2.25. The van der Waals surface area contributed by atoms with Gasteiger partial charge in [0, 0.05) is 11.1 Å². The summed E-state index contributed by atoms with van der Waals surface area (Å²) >= 11 is 0. The molecule has 0 amide bonds. The highest BCUT2D eigenvalue weighted by Crippen LogP contribution is 2.43. The average Bonchev–Trinajstić information content (AvgIpc) is 3.15. The van der Waals surface area contributed by atoms with Crippen LogP contribution in [0.15, 0.2) is 48.5 Å². The zero-order valence-electron chi connectivity index (χ0n) is 28.0. The van der Waals surface area contributed by atoms with Crippen LogP contribution in [0.3, 0.4) is 0 Å². The maximum atomic E-state index is 10.6. The molecule has 2 nitrogen and oxygen atoms in total. The fourth-order valence-electron chi connectivity index (χ4n) is 9.61. The van der Waals surface area contributed by atoms with E-state index in [1.54, 1.807) is 0 Å². The van der Waals surface area contributed by atoms with Crippen LogP contribution in [0.1, 0.15) is 185 Å². The molecule has 4 aliphatic carbocycles. The largest absolute Gasteiger partial charge is 0.192 e. The zero-order valence-corrected chi connectivity index (χ0v) is 28.0. The highest BCUT2D eigenvalue weighted by molar-refractivity contribution is 5.82. The van der Waals surface area contributed by atoms with E-state index in [1.807, 2.05) is 0 Å². The third-order valence-corrected chi connectivity index (χ3v) is 12.3. The SMILES string of the molecule is N#Cc1cc(-c2cc(C3CCCCC3)cc(C3CCCCC3)c2)c(C#N)cc1-c1cc(C2CCCCC2)cc(C2CCCCC2)c1. The fourth-order valence-corrected chi connectivity index (χ4v) is 9.61. The van der Waals surface area contributed by atoms with Gasteiger partial charge < -0.3 is 0 Å². The molecule has 0 aromatic heterocycles. The lowest BCUT2D eigenvalue weighted by molar-refractivity contribution is 0.435. The van der Waals surface area contributed by atoms with Crippen LogP contribution in [0.2, 0.25) is 0 Å². The van der Waals surface area contributed by atoms with Crippen molar-refractivity contribution in [3.05, 3.63) is 81.9 Å². The Morgan fingerprint density at radius 3 is 0.848 bits per heavy atom. The molecular formula is C44H52N2. The molecule has 0 heterocycles. The Morgan fingerprint density at radius 1 is 0.348 bits per heavy atom. The molecule has 0 N–H and O–H groups in total. The Balaban J connectivity index is 1.33. The normalized spacial score (nSPS) is 20.7. The predicted octanol–water partition coefficient (Wildman–Crippen LogP) is 13.0. The van der Waals surface area contributed by atoms with Gasteiger partial charge in [-0.25, -0.2) is 0 Å². The minimum atomic E-state index is 0.608. The summed E-state index contributed by atoms with van der Waals surface area (Å²) in [6.45, 7) is 0. The number of benzene rings is 3. The summed E-state index contributed by atoms with van der Waals surface area (Å²) in [7, 11) is 0. The van der Waals surface area contributed by atoms with Gasteiger partial charge in [-0.1, -0.05) is 113 Å². The summed E-state index contributed by atoms with van der Waals surface area (Å²) in [5, 5.41) is 21.3. The van der Waals surface area contributed by atoms with E-state index in [4.69, 9.17) is 0 Å². The first-order valence-corrected chi connectivity index (χ1v) is 19.0. The van der Waals surface area contributed by atoms with E-state index in [0.717, 1.165) is 22.3 Å². The van der Waals surface area contributed by atoms with Crippen molar-refractivity contribution in [1.29, 1.82) is 10.5 Å². The smallest absolute Gasteiger partial charge is 0.0998 e. The summed E-state index contributed by atoms with van der Waals surface area (Å²) in [4.78, 5) is 0. The Morgan fingerprint density at radius 2 is 0.609 bits per heavy atom. The summed E-state index contributed by atoms with van der Waals surface area (Å²) in [6, 6.07) is 23.9. The van der Waals surface area contributed by atoms with E-state index in [2.05, 4.69) is 60.7 Å². The van der Waals surface area contributed by atoms with Crippen molar-refractivity contribution in [3.63, 3.8) is 0 Å². The first-order valence-electron chi connectivity index (χ1n) is 19.0. The molecule has 0 bridgehead atoms. The molecule has 3 aromatic rings. The van der Waals surface area contributed by atoms with Gasteiger partial charge in [0.05, 0.1) is 23.3 Å². The van der Waals surface area contributed by atoms with Crippen molar-refractivity contribution in [3.8, 4) is 34.4 Å². The molecule has 4 saturated carbocycles. The average molecular weight is 609 g/mol. The minimum Gasteiger partial charge on any atom is -0.192 e. The molecule has 238 valence electrons. The molecule has 46 heavy (non-hydrogen) atoms. The number of hydrogen-bond donors (Lipinski definition) is 0. The maximum absolute atomic E-state index is 10.6. The van der Waals surface area contributed by atoms with E-state index < -0.39 is 0 Å². The molecule has 3 aromatic carbocycles. The second-order valence-electron chi connectivity index (χ2n) is 15.3. The summed E-state index contributed by atoms with van der Waals surface area (Å²) in [5.41, 5.74) is 11.4. The number of nitriles is 2. The van der Waals surface area contributed by atoms with Gasteiger partial charge in [-0.15, -0.1) is 0 Å². The van der Waals surface area contributed by atoms with Gasteiger partial charge in [0.1, 0.15) is 0 Å². The molecule has 2 heteroatoms. The van der Waals surface area contributed by atoms with Gasteiger partial charge in [0.2, 0.25) is 0 Å². The van der Waals surface area contributed by atoms with Crippen molar-refractivity contribution in [2.24, 2.45) is 0 Å². The van der Waals surface area contributed by atoms with E-state index >= 15 is 0 Å². The molecule has 0 spiro atoms. The number of rotatable bonds is 6. The third-order valence-electron chi connectivity index (χ3n) is 12.3. The van der Waals surface area contributed by atoms with Gasteiger partial charge in [-0.3, -0.25) is 0 Å². The monoisotopic (exact) mass is 608 g/mol. The van der Waals surface area contributed by atoms with Crippen LogP contribution in [-0.4, -0.2) is 0 Å². The van der Waals surface area contributed by atoms with Crippen LogP contribution in [0.5, 0.6) is 0 Å². The zero-order chi connectivity index (χ0) is 31.3. The van der Waals surface area contributed by atoms with E-state index in [-0.39, 0.29) is 0 Å². The van der Waals surface area contributed by atoms with Gasteiger partial charge in [-0.2, -0.15) is 10.5 Å². The van der Waals surface area contributed by atoms with Crippen molar-refractivity contribution < 1.29 is 0 Å². The van der Waals surface area contributed by atoms with Gasteiger partial charge in [-0.05, 0) is 121 Å². The maximum Gasteiger partial charge on any atom is 0.0998 e. The molecule has 0 radical (unpaired) electrons. The first kappa shape index (κ1) is 31.3. The Kier molecular flexibility index (Phi) is 9.92. The van der Waals surface area contributed by atoms with Gasteiger partial charge in [0.15, 0.2) is 0 Å². The van der Waals surface area contributed by atoms with Gasteiger partial charge >= 0.3 is 0 Å². The quantitative estimate of drug-likeness (QED) is 0.279. The van der Waals surface area contributed by atoms with E-state index in [1.165, 1.54) is 151 Å². The topological polar surface area (TPSA) is 47.6 Å². The molecule has 0 aliphatic heterocycles. The lowest BCUT2D eigenvalue weighted by Crippen LogP contribution is -2.09. The first-order chi connectivity index (χ1) is 22.7. The Hall–Kier alpha value is -3.36. The Bertz CT molecular complexity index is 1400. The molecule has 7 rings (SSSR count). The van der Waals surface area contributed by atoms with Crippen molar-refractivity contribution in [2.75, 3.05) is 0 Å².